The van der Waals surface area contributed by atoms with Gasteiger partial charge >= 0.3 is 8.80 Å². The zero-order valence-corrected chi connectivity index (χ0v) is 17.3. The van der Waals surface area contributed by atoms with Gasteiger partial charge in [-0.15, -0.1) is 0 Å². The number of ether oxygens (including phenoxy) is 2. The summed E-state index contributed by atoms with van der Waals surface area (Å²) >= 11 is 9.45. The van der Waals surface area contributed by atoms with E-state index in [1.54, 1.807) is 21.3 Å². The zero-order valence-electron chi connectivity index (χ0n) is 14.6. The topological polar surface area (TPSA) is 58.2 Å². The van der Waals surface area contributed by atoms with Crippen LogP contribution < -0.4 is 5.32 Å². The van der Waals surface area contributed by atoms with Gasteiger partial charge in [0.1, 0.15) is 6.10 Å². The summed E-state index contributed by atoms with van der Waals surface area (Å²) in [6.45, 7) is 4.03. The molecule has 9 heteroatoms. The third-order valence-corrected chi connectivity index (χ3v) is 6.77. The van der Waals surface area contributed by atoms with E-state index in [9.17, 15) is 0 Å². The molecule has 0 spiro atoms. The molecule has 0 aliphatic heterocycles. The van der Waals surface area contributed by atoms with E-state index in [1.807, 2.05) is 0 Å². The van der Waals surface area contributed by atoms with Crippen molar-refractivity contribution in [1.29, 1.82) is 0 Å². The molecular formula is C14H31NO5S2Si. The van der Waals surface area contributed by atoms with E-state index in [0.717, 1.165) is 25.9 Å². The van der Waals surface area contributed by atoms with Crippen LogP contribution in [0.25, 0.3) is 0 Å². The lowest BCUT2D eigenvalue weighted by molar-refractivity contribution is 0.0533. The lowest BCUT2D eigenvalue weighted by Gasteiger charge is -2.24. The summed E-state index contributed by atoms with van der Waals surface area (Å²) < 4.78 is 27.3. The molecule has 1 unspecified atom stereocenters. The maximum Gasteiger partial charge on any atom is 0.500 e. The number of thiocarbonyl (C=S) groups is 1. The van der Waals surface area contributed by atoms with Gasteiger partial charge in [0.15, 0.2) is 0 Å². The first-order chi connectivity index (χ1) is 11.1. The van der Waals surface area contributed by atoms with Crippen molar-refractivity contribution in [3.63, 3.8) is 0 Å². The molecule has 138 valence electrons. The van der Waals surface area contributed by atoms with Gasteiger partial charge in [-0.1, -0.05) is 13.3 Å². The molecule has 1 N–H and O–H groups in total. The van der Waals surface area contributed by atoms with Gasteiger partial charge in [0.2, 0.25) is 0 Å². The van der Waals surface area contributed by atoms with Gasteiger partial charge in [0.25, 0.3) is 5.17 Å². The van der Waals surface area contributed by atoms with Gasteiger partial charge in [-0.25, -0.2) is 0 Å². The average Bonchev–Trinajstić information content (AvgIpc) is 2.58. The average molecular weight is 386 g/mol. The standard InChI is InChI=1S/C14H31NO5S2Si/c1-5-6-9-19-11-13(12-21)20-14(22)15-8-7-10-23(16-2,17-3)18-4/h13,21H,5-12H2,1-4H3,(H,15,22). The van der Waals surface area contributed by atoms with Crippen LogP contribution in [0.5, 0.6) is 0 Å². The summed E-state index contributed by atoms with van der Waals surface area (Å²) in [5.41, 5.74) is 0. The number of hydrogen-bond donors (Lipinski definition) is 2. The normalized spacial score (nSPS) is 12.9. The molecule has 0 aliphatic carbocycles. The zero-order chi connectivity index (χ0) is 17.6. The molecule has 6 nitrogen and oxygen atoms in total. The Morgan fingerprint density at radius 3 is 2.35 bits per heavy atom. The minimum atomic E-state index is -2.51. The van der Waals surface area contributed by atoms with Crippen LogP contribution in [0.15, 0.2) is 0 Å². The summed E-state index contributed by atoms with van der Waals surface area (Å²) in [5, 5.41) is 3.43. The Labute approximate surface area is 152 Å². The quantitative estimate of drug-likeness (QED) is 0.206. The molecular weight excluding hydrogens is 354 g/mol. The predicted octanol–water partition coefficient (Wildman–Crippen LogP) is 2.26. The van der Waals surface area contributed by atoms with Gasteiger partial charge < -0.3 is 28.1 Å². The van der Waals surface area contributed by atoms with Crippen molar-refractivity contribution in [1.82, 2.24) is 5.32 Å². The van der Waals surface area contributed by atoms with E-state index in [0.29, 0.717) is 30.1 Å². The smallest absolute Gasteiger partial charge is 0.464 e. The Hall–Kier alpha value is 0.0969. The van der Waals surface area contributed by atoms with E-state index < -0.39 is 8.80 Å². The monoisotopic (exact) mass is 385 g/mol. The molecule has 0 aliphatic rings. The SMILES string of the molecule is CCCCOCC(CS)OC(=S)NCCC[Si](OC)(OC)OC. The number of hydrogen-bond acceptors (Lipinski definition) is 7. The molecule has 23 heavy (non-hydrogen) atoms. The number of rotatable bonds is 14. The summed E-state index contributed by atoms with van der Waals surface area (Å²) in [5.74, 6) is 0.557. The van der Waals surface area contributed by atoms with Gasteiger partial charge in [0.05, 0.1) is 6.61 Å². The fourth-order valence-electron chi connectivity index (χ4n) is 1.83. The predicted molar refractivity (Wildman–Crippen MR) is 101 cm³/mol. The Bertz CT molecular complexity index is 301. The molecule has 0 aromatic heterocycles. The Kier molecular flexibility index (Phi) is 14.5. The van der Waals surface area contributed by atoms with Crippen LogP contribution in [-0.2, 0) is 22.8 Å². The molecule has 0 saturated carbocycles. The van der Waals surface area contributed by atoms with E-state index in [-0.39, 0.29) is 6.10 Å². The highest BCUT2D eigenvalue weighted by Crippen LogP contribution is 2.14. The highest BCUT2D eigenvalue weighted by Gasteiger charge is 2.36. The molecule has 0 saturated heterocycles. The lowest BCUT2D eigenvalue weighted by atomic mass is 10.3. The molecule has 0 heterocycles. The molecule has 0 rings (SSSR count). The molecule has 0 fully saturated rings. The van der Waals surface area contributed by atoms with E-state index in [1.165, 1.54) is 0 Å². The first-order valence-electron chi connectivity index (χ1n) is 7.86. The van der Waals surface area contributed by atoms with Gasteiger partial charge in [-0.05, 0) is 25.1 Å². The van der Waals surface area contributed by atoms with Crippen molar-refractivity contribution in [2.75, 3.05) is 46.8 Å². The summed E-state index contributed by atoms with van der Waals surface area (Å²) in [4.78, 5) is 0. The maximum absolute atomic E-state index is 5.63. The highest BCUT2D eigenvalue weighted by molar-refractivity contribution is 7.80. The third-order valence-electron chi connectivity index (χ3n) is 3.29. The number of nitrogens with one attached hydrogen (secondary N) is 1. The molecule has 0 amide bonds. The van der Waals surface area contributed by atoms with Gasteiger partial charge in [0, 0.05) is 46.3 Å². The van der Waals surface area contributed by atoms with Crippen LogP contribution in [-0.4, -0.2) is 66.9 Å². The van der Waals surface area contributed by atoms with Crippen LogP contribution in [0.4, 0.5) is 0 Å². The minimum absolute atomic E-state index is 0.138. The summed E-state index contributed by atoms with van der Waals surface area (Å²) in [6, 6.07) is 0.711. The lowest BCUT2D eigenvalue weighted by Crippen LogP contribution is -2.43. The van der Waals surface area contributed by atoms with E-state index in [2.05, 4.69) is 24.9 Å². The fraction of sp³-hybridized carbons (Fsp3) is 0.929. The van der Waals surface area contributed by atoms with Gasteiger partial charge in [-0.3, -0.25) is 0 Å². The Morgan fingerprint density at radius 1 is 1.17 bits per heavy atom. The van der Waals surface area contributed by atoms with E-state index in [4.69, 9.17) is 35.0 Å². The highest BCUT2D eigenvalue weighted by atomic mass is 32.1. The van der Waals surface area contributed by atoms with Crippen molar-refractivity contribution in [3.8, 4) is 0 Å². The van der Waals surface area contributed by atoms with E-state index >= 15 is 0 Å². The second-order valence-electron chi connectivity index (χ2n) is 4.96. The fourth-order valence-corrected chi connectivity index (χ4v) is 3.97. The molecule has 0 aromatic carbocycles. The van der Waals surface area contributed by atoms with Crippen molar-refractivity contribution < 1.29 is 22.8 Å². The molecule has 0 aromatic rings. The van der Waals surface area contributed by atoms with Crippen LogP contribution in [0, 0.1) is 0 Å². The van der Waals surface area contributed by atoms with Crippen LogP contribution >= 0.6 is 24.8 Å². The third kappa shape index (κ3) is 10.5. The molecule has 0 radical (unpaired) electrons. The number of thiol groups is 1. The van der Waals surface area contributed by atoms with Crippen LogP contribution in [0.1, 0.15) is 26.2 Å². The Balaban J connectivity index is 3.91. The van der Waals surface area contributed by atoms with Crippen molar-refractivity contribution >= 4 is 38.8 Å². The minimum Gasteiger partial charge on any atom is -0.464 e. The largest absolute Gasteiger partial charge is 0.500 e. The first kappa shape index (κ1) is 23.1. The van der Waals surface area contributed by atoms with Crippen molar-refractivity contribution in [2.45, 2.75) is 38.3 Å². The van der Waals surface area contributed by atoms with Crippen molar-refractivity contribution in [3.05, 3.63) is 0 Å². The first-order valence-corrected chi connectivity index (χ1v) is 10.8. The maximum atomic E-state index is 5.63. The second kappa shape index (κ2) is 14.4. The summed E-state index contributed by atoms with van der Waals surface area (Å²) in [7, 11) is 2.31. The molecule has 1 atom stereocenters. The van der Waals surface area contributed by atoms with Crippen LogP contribution in [0.3, 0.4) is 0 Å². The molecule has 0 bridgehead atoms. The second-order valence-corrected chi connectivity index (χ2v) is 8.79. The Morgan fingerprint density at radius 2 is 1.83 bits per heavy atom. The summed E-state index contributed by atoms with van der Waals surface area (Å²) in [6.07, 6.45) is 2.83. The van der Waals surface area contributed by atoms with Crippen molar-refractivity contribution in [2.24, 2.45) is 0 Å². The van der Waals surface area contributed by atoms with Crippen LogP contribution in [0.2, 0.25) is 6.04 Å². The number of unbranched alkanes of at least 4 members (excludes halogenated alkanes) is 1. The van der Waals surface area contributed by atoms with Gasteiger partial charge in [-0.2, -0.15) is 12.6 Å².